The van der Waals surface area contributed by atoms with E-state index >= 15 is 0 Å². The van der Waals surface area contributed by atoms with Gasteiger partial charge in [-0.3, -0.25) is 0 Å². The third-order valence-corrected chi connectivity index (χ3v) is 3.17. The first-order chi connectivity index (χ1) is 8.18. The summed E-state index contributed by atoms with van der Waals surface area (Å²) in [6.45, 7) is 2.70. The maximum Gasteiger partial charge on any atom is 0.0455 e. The molecule has 0 saturated carbocycles. The lowest BCUT2D eigenvalue weighted by Gasteiger charge is -2.11. The van der Waals surface area contributed by atoms with Crippen molar-refractivity contribution in [3.63, 3.8) is 0 Å². The lowest BCUT2D eigenvalue weighted by Crippen LogP contribution is -2.03. The van der Waals surface area contributed by atoms with Crippen LogP contribution in [-0.2, 0) is 6.54 Å². The number of nitrogen functional groups attached to an aromatic ring is 1. The quantitative estimate of drug-likeness (QED) is 0.808. The van der Waals surface area contributed by atoms with Gasteiger partial charge in [0.15, 0.2) is 0 Å². The van der Waals surface area contributed by atoms with Crippen LogP contribution in [0.5, 0.6) is 0 Å². The molecule has 0 aliphatic rings. The van der Waals surface area contributed by atoms with Crippen LogP contribution in [0.1, 0.15) is 11.1 Å². The van der Waals surface area contributed by atoms with Gasteiger partial charge >= 0.3 is 0 Å². The molecule has 0 aromatic heterocycles. The monoisotopic (exact) mass is 246 g/mol. The van der Waals surface area contributed by atoms with E-state index in [4.69, 9.17) is 17.3 Å². The minimum Gasteiger partial charge on any atom is -0.398 e. The number of rotatable bonds is 3. The van der Waals surface area contributed by atoms with Gasteiger partial charge in [0, 0.05) is 22.9 Å². The SMILES string of the molecule is Cc1c(N)cccc1NCc1ccccc1Cl. The Kier molecular flexibility index (Phi) is 3.55. The van der Waals surface area contributed by atoms with Crippen LogP contribution < -0.4 is 11.1 Å². The lowest BCUT2D eigenvalue weighted by atomic mass is 10.1. The van der Waals surface area contributed by atoms with E-state index in [2.05, 4.69) is 5.32 Å². The molecule has 2 nitrogen and oxygen atoms in total. The smallest absolute Gasteiger partial charge is 0.0455 e. The van der Waals surface area contributed by atoms with Crippen molar-refractivity contribution in [3.05, 3.63) is 58.6 Å². The van der Waals surface area contributed by atoms with Gasteiger partial charge in [-0.25, -0.2) is 0 Å². The normalized spacial score (nSPS) is 10.2. The van der Waals surface area contributed by atoms with E-state index in [1.165, 1.54) is 0 Å². The molecule has 2 aromatic carbocycles. The van der Waals surface area contributed by atoms with Crippen LogP contribution in [0.15, 0.2) is 42.5 Å². The molecule has 3 N–H and O–H groups in total. The van der Waals surface area contributed by atoms with Gasteiger partial charge in [0.05, 0.1) is 0 Å². The Morgan fingerprint density at radius 2 is 1.88 bits per heavy atom. The molecule has 2 rings (SSSR count). The summed E-state index contributed by atoms with van der Waals surface area (Å²) in [5.74, 6) is 0. The first-order valence-electron chi connectivity index (χ1n) is 5.51. The number of nitrogens with one attached hydrogen (secondary N) is 1. The van der Waals surface area contributed by atoms with Gasteiger partial charge in [0.25, 0.3) is 0 Å². The third kappa shape index (κ3) is 2.71. The van der Waals surface area contributed by atoms with Crippen molar-refractivity contribution in [2.24, 2.45) is 0 Å². The van der Waals surface area contributed by atoms with E-state index in [9.17, 15) is 0 Å². The molecule has 2 aromatic rings. The van der Waals surface area contributed by atoms with E-state index in [1.54, 1.807) is 0 Å². The van der Waals surface area contributed by atoms with Gasteiger partial charge in [-0.15, -0.1) is 0 Å². The van der Waals surface area contributed by atoms with Crippen LogP contribution in [0.4, 0.5) is 11.4 Å². The Bertz CT molecular complexity index is 523. The molecule has 0 unspecified atom stereocenters. The number of hydrogen-bond acceptors (Lipinski definition) is 2. The summed E-state index contributed by atoms with van der Waals surface area (Å²) in [7, 11) is 0. The Hall–Kier alpha value is -1.67. The maximum atomic E-state index is 6.10. The van der Waals surface area contributed by atoms with Gasteiger partial charge < -0.3 is 11.1 Å². The minimum absolute atomic E-state index is 0.698. The molecular formula is C14H15ClN2. The highest BCUT2D eigenvalue weighted by Crippen LogP contribution is 2.22. The molecule has 0 aliphatic carbocycles. The molecule has 0 heterocycles. The van der Waals surface area contributed by atoms with Gasteiger partial charge in [-0.2, -0.15) is 0 Å². The highest BCUT2D eigenvalue weighted by molar-refractivity contribution is 6.31. The van der Waals surface area contributed by atoms with Crippen molar-refractivity contribution < 1.29 is 0 Å². The molecule has 3 heteroatoms. The zero-order chi connectivity index (χ0) is 12.3. The second-order valence-corrected chi connectivity index (χ2v) is 4.37. The van der Waals surface area contributed by atoms with Crippen LogP contribution in [0.3, 0.4) is 0 Å². The van der Waals surface area contributed by atoms with E-state index in [0.717, 1.165) is 27.5 Å². The molecule has 0 atom stereocenters. The number of nitrogens with two attached hydrogens (primary N) is 1. The fraction of sp³-hybridized carbons (Fsp3) is 0.143. The Balaban J connectivity index is 2.13. The van der Waals surface area contributed by atoms with E-state index in [0.29, 0.717) is 6.54 Å². The van der Waals surface area contributed by atoms with Gasteiger partial charge in [0.1, 0.15) is 0 Å². The summed E-state index contributed by atoms with van der Waals surface area (Å²) in [6.07, 6.45) is 0. The summed E-state index contributed by atoms with van der Waals surface area (Å²) < 4.78 is 0. The Labute approximate surface area is 106 Å². The van der Waals surface area contributed by atoms with Crippen LogP contribution in [-0.4, -0.2) is 0 Å². The number of hydrogen-bond donors (Lipinski definition) is 2. The van der Waals surface area contributed by atoms with E-state index < -0.39 is 0 Å². The largest absolute Gasteiger partial charge is 0.398 e. The second-order valence-electron chi connectivity index (χ2n) is 3.96. The molecule has 17 heavy (non-hydrogen) atoms. The topological polar surface area (TPSA) is 38.0 Å². The summed E-state index contributed by atoms with van der Waals surface area (Å²) >= 11 is 6.10. The Morgan fingerprint density at radius 1 is 1.12 bits per heavy atom. The van der Waals surface area contributed by atoms with Crippen LogP contribution in [0.25, 0.3) is 0 Å². The summed E-state index contributed by atoms with van der Waals surface area (Å²) in [5, 5.41) is 4.13. The van der Waals surface area contributed by atoms with Crippen molar-refractivity contribution in [1.29, 1.82) is 0 Å². The number of halogens is 1. The average molecular weight is 247 g/mol. The van der Waals surface area contributed by atoms with Crippen molar-refractivity contribution in [3.8, 4) is 0 Å². The third-order valence-electron chi connectivity index (χ3n) is 2.80. The van der Waals surface area contributed by atoms with Gasteiger partial charge in [-0.05, 0) is 36.2 Å². The molecule has 0 bridgehead atoms. The predicted molar refractivity (Wildman–Crippen MR) is 74.4 cm³/mol. The van der Waals surface area contributed by atoms with Crippen molar-refractivity contribution >= 4 is 23.0 Å². The first-order valence-corrected chi connectivity index (χ1v) is 5.88. The fourth-order valence-electron chi connectivity index (χ4n) is 1.68. The lowest BCUT2D eigenvalue weighted by molar-refractivity contribution is 1.14. The number of benzene rings is 2. The predicted octanol–water partition coefficient (Wildman–Crippen LogP) is 3.84. The van der Waals surface area contributed by atoms with Crippen molar-refractivity contribution in [2.75, 3.05) is 11.1 Å². The zero-order valence-corrected chi connectivity index (χ0v) is 10.5. The van der Waals surface area contributed by atoms with Crippen molar-refractivity contribution in [2.45, 2.75) is 13.5 Å². The standard InChI is InChI=1S/C14H15ClN2/c1-10-13(16)7-4-8-14(10)17-9-11-5-2-3-6-12(11)15/h2-8,17H,9,16H2,1H3. The molecule has 0 saturated heterocycles. The number of anilines is 2. The molecule has 0 spiro atoms. The highest BCUT2D eigenvalue weighted by atomic mass is 35.5. The zero-order valence-electron chi connectivity index (χ0n) is 9.70. The van der Waals surface area contributed by atoms with E-state index in [1.807, 2.05) is 49.4 Å². The van der Waals surface area contributed by atoms with Crippen LogP contribution >= 0.6 is 11.6 Å². The summed E-state index contributed by atoms with van der Waals surface area (Å²) in [4.78, 5) is 0. The molecule has 88 valence electrons. The summed E-state index contributed by atoms with van der Waals surface area (Å²) in [6, 6.07) is 13.7. The highest BCUT2D eigenvalue weighted by Gasteiger charge is 2.02. The minimum atomic E-state index is 0.698. The molecule has 0 amide bonds. The van der Waals surface area contributed by atoms with Crippen LogP contribution in [0, 0.1) is 6.92 Å². The molecular weight excluding hydrogens is 232 g/mol. The molecule has 0 radical (unpaired) electrons. The maximum absolute atomic E-state index is 6.10. The average Bonchev–Trinajstić information content (AvgIpc) is 2.33. The Morgan fingerprint density at radius 3 is 2.65 bits per heavy atom. The summed E-state index contributed by atoms with van der Waals surface area (Å²) in [5.41, 5.74) is 9.85. The second kappa shape index (κ2) is 5.11. The molecule has 0 fully saturated rings. The first kappa shape index (κ1) is 11.8. The van der Waals surface area contributed by atoms with Gasteiger partial charge in [-0.1, -0.05) is 35.9 Å². The fourth-order valence-corrected chi connectivity index (χ4v) is 1.88. The molecule has 0 aliphatic heterocycles. The van der Waals surface area contributed by atoms with Crippen LogP contribution in [0.2, 0.25) is 5.02 Å². The van der Waals surface area contributed by atoms with Gasteiger partial charge in [0.2, 0.25) is 0 Å². The van der Waals surface area contributed by atoms with Crippen molar-refractivity contribution in [1.82, 2.24) is 0 Å². The van der Waals surface area contributed by atoms with E-state index in [-0.39, 0.29) is 0 Å².